The minimum absolute atomic E-state index is 0.0000829. The zero-order valence-electron chi connectivity index (χ0n) is 8.33. The second-order valence-corrected chi connectivity index (χ2v) is 4.47. The summed E-state index contributed by atoms with van der Waals surface area (Å²) in [4.78, 5) is 4.81. The molecule has 0 amide bonds. The lowest BCUT2D eigenvalue weighted by atomic mass is 9.70. The van der Waals surface area contributed by atoms with E-state index < -0.39 is 17.6 Å². The van der Waals surface area contributed by atoms with Gasteiger partial charge in [0.05, 0.1) is 7.11 Å². The van der Waals surface area contributed by atoms with Crippen LogP contribution in [0.2, 0.25) is 0 Å². The highest BCUT2D eigenvalue weighted by Gasteiger charge is 2.76. The third-order valence-electron chi connectivity index (χ3n) is 3.60. The summed E-state index contributed by atoms with van der Waals surface area (Å²) in [5.41, 5.74) is -0.771. The molecule has 0 aromatic heterocycles. The van der Waals surface area contributed by atoms with Crippen LogP contribution in [-0.2, 0) is 4.84 Å². The molecule has 1 atom stereocenters. The van der Waals surface area contributed by atoms with E-state index in [4.69, 9.17) is 4.84 Å². The molecule has 2 saturated carbocycles. The first kappa shape index (κ1) is 10.3. The van der Waals surface area contributed by atoms with Gasteiger partial charge in [0.2, 0.25) is 0 Å². The van der Waals surface area contributed by atoms with Crippen LogP contribution >= 0.6 is 0 Å². The fraction of sp³-hybridized carbons (Fsp3) is 1.00. The minimum atomic E-state index is -2.48. The fourth-order valence-electron chi connectivity index (χ4n) is 2.38. The summed E-state index contributed by atoms with van der Waals surface area (Å²) in [6, 6.07) is 0. The Morgan fingerprint density at radius 1 is 1.50 bits per heavy atom. The lowest BCUT2D eigenvalue weighted by Gasteiger charge is -2.41. The van der Waals surface area contributed by atoms with Crippen LogP contribution in [0.15, 0.2) is 0 Å². The lowest BCUT2D eigenvalue weighted by Crippen LogP contribution is -2.45. The second kappa shape index (κ2) is 2.87. The summed E-state index contributed by atoms with van der Waals surface area (Å²) >= 11 is 0. The Kier molecular flexibility index (Phi) is 2.10. The smallest absolute Gasteiger partial charge is 0.254 e. The quantitative estimate of drug-likeness (QED) is 0.558. The average Bonchev–Trinajstić information content (AvgIpc) is 2.64. The summed E-state index contributed by atoms with van der Waals surface area (Å²) in [6.07, 6.45) is 0.0611. The maximum Gasteiger partial charge on any atom is 0.254 e. The number of hydroxylamine groups is 2. The van der Waals surface area contributed by atoms with Crippen molar-refractivity contribution < 1.29 is 18.7 Å². The van der Waals surface area contributed by atoms with Crippen LogP contribution in [0.25, 0.3) is 0 Å². The standard InChI is InChI=1S/C9H15F2NO2/c1-12(14-2)7(13)6-3-8(4-6)5-9(8,10)11/h6-7,13H,3-5H2,1-2H3. The van der Waals surface area contributed by atoms with Crippen molar-refractivity contribution in [3.8, 4) is 0 Å². The highest BCUT2D eigenvalue weighted by molar-refractivity contribution is 5.17. The molecule has 0 aliphatic heterocycles. The van der Waals surface area contributed by atoms with Crippen molar-refractivity contribution >= 4 is 0 Å². The fourth-order valence-corrected chi connectivity index (χ4v) is 2.38. The summed E-state index contributed by atoms with van der Waals surface area (Å²) in [5.74, 6) is -2.55. The first-order valence-corrected chi connectivity index (χ1v) is 4.75. The third-order valence-corrected chi connectivity index (χ3v) is 3.60. The maximum atomic E-state index is 12.8. The van der Waals surface area contributed by atoms with E-state index in [0.717, 1.165) is 0 Å². The van der Waals surface area contributed by atoms with Gasteiger partial charge in [-0.2, -0.15) is 5.06 Å². The van der Waals surface area contributed by atoms with Gasteiger partial charge in [-0.25, -0.2) is 8.78 Å². The predicted octanol–water partition coefficient (Wildman–Crippen LogP) is 1.23. The van der Waals surface area contributed by atoms with E-state index in [1.807, 2.05) is 0 Å². The number of alkyl halides is 2. The molecule has 5 heteroatoms. The van der Waals surface area contributed by atoms with E-state index in [0.29, 0.717) is 12.8 Å². The zero-order chi connectivity index (χ0) is 10.6. The van der Waals surface area contributed by atoms with Gasteiger partial charge in [-0.15, -0.1) is 0 Å². The highest BCUT2D eigenvalue weighted by atomic mass is 19.3. The topological polar surface area (TPSA) is 32.7 Å². The van der Waals surface area contributed by atoms with Crippen molar-refractivity contribution in [3.63, 3.8) is 0 Å². The molecule has 0 aromatic carbocycles. The summed E-state index contributed by atoms with van der Waals surface area (Å²) in [5, 5.41) is 10.9. The van der Waals surface area contributed by atoms with Gasteiger partial charge in [0, 0.05) is 24.8 Å². The van der Waals surface area contributed by atoms with Crippen molar-refractivity contribution in [3.05, 3.63) is 0 Å². The monoisotopic (exact) mass is 207 g/mol. The largest absolute Gasteiger partial charge is 0.376 e. The van der Waals surface area contributed by atoms with Crippen molar-refractivity contribution in [2.24, 2.45) is 11.3 Å². The SMILES string of the molecule is CON(C)C(O)C1CC2(C1)CC2(F)F. The molecule has 2 rings (SSSR count). The number of aliphatic hydroxyl groups is 1. The van der Waals surface area contributed by atoms with E-state index in [1.165, 1.54) is 12.2 Å². The van der Waals surface area contributed by atoms with E-state index in [1.54, 1.807) is 7.05 Å². The van der Waals surface area contributed by atoms with Crippen LogP contribution in [-0.4, -0.2) is 36.5 Å². The Labute approximate surface area is 81.6 Å². The van der Waals surface area contributed by atoms with Gasteiger partial charge in [0.1, 0.15) is 6.23 Å². The molecule has 2 fully saturated rings. The second-order valence-electron chi connectivity index (χ2n) is 4.47. The van der Waals surface area contributed by atoms with Crippen molar-refractivity contribution in [2.75, 3.05) is 14.2 Å². The Bertz CT molecular complexity index is 241. The van der Waals surface area contributed by atoms with Crippen LogP contribution in [0.1, 0.15) is 19.3 Å². The predicted molar refractivity (Wildman–Crippen MR) is 45.5 cm³/mol. The van der Waals surface area contributed by atoms with Gasteiger partial charge >= 0.3 is 0 Å². The highest BCUT2D eigenvalue weighted by Crippen LogP contribution is 2.73. The van der Waals surface area contributed by atoms with Crippen molar-refractivity contribution in [1.82, 2.24) is 5.06 Å². The number of aliphatic hydroxyl groups excluding tert-OH is 1. The molecule has 0 saturated heterocycles. The number of hydrogen-bond acceptors (Lipinski definition) is 3. The van der Waals surface area contributed by atoms with Gasteiger partial charge in [0.25, 0.3) is 5.92 Å². The molecular weight excluding hydrogens is 192 g/mol. The third kappa shape index (κ3) is 1.26. The van der Waals surface area contributed by atoms with Gasteiger partial charge in [0.15, 0.2) is 0 Å². The first-order chi connectivity index (χ1) is 6.42. The average molecular weight is 207 g/mol. The van der Waals surface area contributed by atoms with Crippen molar-refractivity contribution in [2.45, 2.75) is 31.4 Å². The molecule has 1 unspecified atom stereocenters. The van der Waals surface area contributed by atoms with Crippen LogP contribution in [0.5, 0.6) is 0 Å². The Morgan fingerprint density at radius 2 is 2.00 bits per heavy atom. The van der Waals surface area contributed by atoms with E-state index in [2.05, 4.69) is 0 Å². The lowest BCUT2D eigenvalue weighted by molar-refractivity contribution is -0.238. The number of rotatable bonds is 3. The molecule has 82 valence electrons. The molecule has 1 spiro atoms. The number of halogens is 2. The van der Waals surface area contributed by atoms with E-state index in [-0.39, 0.29) is 12.3 Å². The molecule has 0 radical (unpaired) electrons. The molecule has 1 N–H and O–H groups in total. The molecule has 2 aliphatic rings. The van der Waals surface area contributed by atoms with E-state index >= 15 is 0 Å². The number of nitrogens with zero attached hydrogens (tertiary/aromatic N) is 1. The molecule has 0 heterocycles. The molecule has 14 heavy (non-hydrogen) atoms. The van der Waals surface area contributed by atoms with Gasteiger partial charge in [-0.3, -0.25) is 0 Å². The maximum absolute atomic E-state index is 12.8. The molecular formula is C9H15F2NO2. The summed E-state index contributed by atoms with van der Waals surface area (Å²) < 4.78 is 25.7. The Hall–Kier alpha value is -0.260. The molecule has 3 nitrogen and oxygen atoms in total. The van der Waals surface area contributed by atoms with Crippen LogP contribution in [0.3, 0.4) is 0 Å². The molecule has 0 aromatic rings. The normalized spacial score (nSPS) is 41.1. The van der Waals surface area contributed by atoms with Crippen LogP contribution < -0.4 is 0 Å². The van der Waals surface area contributed by atoms with Crippen LogP contribution in [0.4, 0.5) is 8.78 Å². The zero-order valence-corrected chi connectivity index (χ0v) is 8.33. The van der Waals surface area contributed by atoms with Gasteiger partial charge in [-0.05, 0) is 12.8 Å². The van der Waals surface area contributed by atoms with Crippen molar-refractivity contribution in [1.29, 1.82) is 0 Å². The molecule has 2 aliphatic carbocycles. The summed E-state index contributed by atoms with van der Waals surface area (Å²) in [6.45, 7) is 0. The van der Waals surface area contributed by atoms with E-state index in [9.17, 15) is 13.9 Å². The minimum Gasteiger partial charge on any atom is -0.376 e. The first-order valence-electron chi connectivity index (χ1n) is 4.75. The van der Waals surface area contributed by atoms with Gasteiger partial charge in [-0.1, -0.05) is 0 Å². The summed E-state index contributed by atoms with van der Waals surface area (Å²) in [7, 11) is 3.05. The van der Waals surface area contributed by atoms with Gasteiger partial charge < -0.3 is 9.94 Å². The van der Waals surface area contributed by atoms with Crippen LogP contribution in [0, 0.1) is 11.3 Å². The Morgan fingerprint density at radius 3 is 2.36 bits per heavy atom. The Balaban J connectivity index is 1.84. The molecule has 0 bridgehead atoms. The number of hydrogen-bond donors (Lipinski definition) is 1.